The van der Waals surface area contributed by atoms with Gasteiger partial charge in [0, 0.05) is 23.9 Å². The first-order valence-corrected chi connectivity index (χ1v) is 3.56. The highest BCUT2D eigenvalue weighted by Gasteiger charge is 1.94. The molecule has 0 amide bonds. The van der Waals surface area contributed by atoms with Crippen molar-refractivity contribution in [1.29, 1.82) is 0 Å². The van der Waals surface area contributed by atoms with E-state index in [2.05, 4.69) is 17.2 Å². The quantitative estimate of drug-likeness (QED) is 0.608. The standard InChI is InChI=1S/C11H9N/c1-4-9-6-10(5-2)8-11(7-9)12-3/h1-2,6-8,12H,3H3. The smallest absolute Gasteiger partial charge is 0.0362 e. The normalized spacial score (nSPS) is 8.25. The summed E-state index contributed by atoms with van der Waals surface area (Å²) in [5.41, 5.74) is 2.54. The highest BCUT2D eigenvalue weighted by molar-refractivity contribution is 5.55. The van der Waals surface area contributed by atoms with E-state index in [0.717, 1.165) is 16.8 Å². The lowest BCUT2D eigenvalue weighted by molar-refractivity contribution is 1.48. The monoisotopic (exact) mass is 155 g/mol. The summed E-state index contributed by atoms with van der Waals surface area (Å²) in [6, 6.07) is 5.56. The highest BCUT2D eigenvalue weighted by atomic mass is 14.8. The van der Waals surface area contributed by atoms with E-state index in [-0.39, 0.29) is 0 Å². The fourth-order valence-corrected chi connectivity index (χ4v) is 0.939. The molecule has 0 saturated carbocycles. The Hall–Kier alpha value is -1.86. The summed E-state index contributed by atoms with van der Waals surface area (Å²) >= 11 is 0. The van der Waals surface area contributed by atoms with Gasteiger partial charge in [0.1, 0.15) is 0 Å². The second-order valence-electron chi connectivity index (χ2n) is 2.34. The van der Waals surface area contributed by atoms with Gasteiger partial charge < -0.3 is 5.32 Å². The summed E-state index contributed by atoms with van der Waals surface area (Å²) in [6.07, 6.45) is 10.5. The molecule has 12 heavy (non-hydrogen) atoms. The van der Waals surface area contributed by atoms with Gasteiger partial charge in [0.05, 0.1) is 0 Å². The second-order valence-corrected chi connectivity index (χ2v) is 2.34. The third-order valence-corrected chi connectivity index (χ3v) is 1.56. The van der Waals surface area contributed by atoms with E-state index < -0.39 is 0 Å². The molecule has 1 rings (SSSR count). The molecule has 1 N–H and O–H groups in total. The fourth-order valence-electron chi connectivity index (χ4n) is 0.939. The van der Waals surface area contributed by atoms with Gasteiger partial charge in [-0.1, -0.05) is 11.8 Å². The summed E-state index contributed by atoms with van der Waals surface area (Å²) in [5.74, 6) is 5.08. The molecule has 1 nitrogen and oxygen atoms in total. The molecule has 0 spiro atoms. The van der Waals surface area contributed by atoms with Crippen LogP contribution in [0.4, 0.5) is 5.69 Å². The van der Waals surface area contributed by atoms with E-state index >= 15 is 0 Å². The molecule has 0 aliphatic heterocycles. The molecule has 0 radical (unpaired) electrons. The molecule has 0 unspecified atom stereocenters. The number of rotatable bonds is 1. The van der Waals surface area contributed by atoms with E-state index in [1.54, 1.807) is 6.07 Å². The Morgan fingerprint density at radius 2 is 1.58 bits per heavy atom. The minimum atomic E-state index is 0.801. The van der Waals surface area contributed by atoms with Crippen LogP contribution >= 0.6 is 0 Å². The van der Waals surface area contributed by atoms with E-state index in [9.17, 15) is 0 Å². The number of nitrogens with one attached hydrogen (secondary N) is 1. The molecule has 1 heteroatoms. The Bertz CT molecular complexity index is 331. The minimum absolute atomic E-state index is 0.801. The van der Waals surface area contributed by atoms with Gasteiger partial charge in [-0.25, -0.2) is 0 Å². The maximum absolute atomic E-state index is 5.25. The zero-order chi connectivity index (χ0) is 8.97. The number of hydrogen-bond donors (Lipinski definition) is 1. The van der Waals surface area contributed by atoms with Crippen molar-refractivity contribution in [3.8, 4) is 24.7 Å². The maximum atomic E-state index is 5.25. The topological polar surface area (TPSA) is 12.0 Å². The van der Waals surface area contributed by atoms with Crippen LogP contribution in [0, 0.1) is 24.7 Å². The van der Waals surface area contributed by atoms with Gasteiger partial charge in [-0.2, -0.15) is 0 Å². The summed E-state index contributed by atoms with van der Waals surface area (Å²) in [4.78, 5) is 0. The second kappa shape index (κ2) is 3.51. The van der Waals surface area contributed by atoms with Crippen LogP contribution in [-0.4, -0.2) is 7.05 Å². The predicted octanol–water partition coefficient (Wildman–Crippen LogP) is 1.69. The molecule has 0 aromatic heterocycles. The van der Waals surface area contributed by atoms with Gasteiger partial charge in [0.15, 0.2) is 0 Å². The first kappa shape index (κ1) is 8.24. The van der Waals surface area contributed by atoms with Gasteiger partial charge in [-0.15, -0.1) is 12.8 Å². The van der Waals surface area contributed by atoms with Crippen LogP contribution < -0.4 is 5.32 Å². The average molecular weight is 155 g/mol. The third-order valence-electron chi connectivity index (χ3n) is 1.56. The van der Waals surface area contributed by atoms with Crippen molar-refractivity contribution in [2.24, 2.45) is 0 Å². The van der Waals surface area contributed by atoms with Crippen LogP contribution in [0.3, 0.4) is 0 Å². The van der Waals surface area contributed by atoms with Gasteiger partial charge >= 0.3 is 0 Å². The van der Waals surface area contributed by atoms with Crippen LogP contribution in [0.15, 0.2) is 18.2 Å². The zero-order valence-electron chi connectivity index (χ0n) is 6.89. The molecular weight excluding hydrogens is 146 g/mol. The van der Waals surface area contributed by atoms with Crippen molar-refractivity contribution in [2.75, 3.05) is 12.4 Å². The van der Waals surface area contributed by atoms with E-state index in [4.69, 9.17) is 12.8 Å². The molecule has 0 heterocycles. The first-order chi connectivity index (χ1) is 5.80. The average Bonchev–Trinajstić information content (AvgIpc) is 2.16. The van der Waals surface area contributed by atoms with Crippen molar-refractivity contribution < 1.29 is 0 Å². The van der Waals surface area contributed by atoms with E-state index in [1.165, 1.54) is 0 Å². The molecule has 0 aliphatic carbocycles. The SMILES string of the molecule is C#Cc1cc(C#C)cc(NC)c1. The number of benzene rings is 1. The first-order valence-electron chi connectivity index (χ1n) is 3.56. The fraction of sp³-hybridized carbons (Fsp3) is 0.0909. The predicted molar refractivity (Wildman–Crippen MR) is 51.9 cm³/mol. The molecule has 58 valence electrons. The van der Waals surface area contributed by atoms with Crippen LogP contribution in [0.1, 0.15) is 11.1 Å². The van der Waals surface area contributed by atoms with Gasteiger partial charge in [-0.3, -0.25) is 0 Å². The van der Waals surface area contributed by atoms with Gasteiger partial charge in [-0.05, 0) is 18.2 Å². The third kappa shape index (κ3) is 1.59. The van der Waals surface area contributed by atoms with E-state index in [1.807, 2.05) is 19.2 Å². The Morgan fingerprint density at radius 3 is 1.92 bits per heavy atom. The lowest BCUT2D eigenvalue weighted by Crippen LogP contribution is -1.90. The summed E-state index contributed by atoms with van der Waals surface area (Å²) in [6.45, 7) is 0. The Morgan fingerprint density at radius 1 is 1.08 bits per heavy atom. The minimum Gasteiger partial charge on any atom is -0.388 e. The van der Waals surface area contributed by atoms with Crippen LogP contribution in [0.5, 0.6) is 0 Å². The Kier molecular flexibility index (Phi) is 2.41. The van der Waals surface area contributed by atoms with Crippen molar-refractivity contribution >= 4 is 5.69 Å². The van der Waals surface area contributed by atoms with Crippen molar-refractivity contribution in [2.45, 2.75) is 0 Å². The molecule has 1 aromatic carbocycles. The van der Waals surface area contributed by atoms with Crippen molar-refractivity contribution in [3.05, 3.63) is 29.3 Å². The summed E-state index contributed by atoms with van der Waals surface area (Å²) in [7, 11) is 1.83. The molecule has 0 fully saturated rings. The molecule has 0 aliphatic rings. The Balaban J connectivity index is 3.24. The van der Waals surface area contributed by atoms with Crippen LogP contribution in [0.2, 0.25) is 0 Å². The summed E-state index contributed by atoms with van der Waals surface area (Å²) < 4.78 is 0. The summed E-state index contributed by atoms with van der Waals surface area (Å²) in [5, 5.41) is 2.99. The zero-order valence-corrected chi connectivity index (χ0v) is 6.89. The van der Waals surface area contributed by atoms with Crippen LogP contribution in [-0.2, 0) is 0 Å². The lowest BCUT2D eigenvalue weighted by Gasteiger charge is -2.01. The molecule has 1 aromatic rings. The number of hydrogen-bond acceptors (Lipinski definition) is 1. The number of anilines is 1. The van der Waals surface area contributed by atoms with Crippen molar-refractivity contribution in [3.63, 3.8) is 0 Å². The largest absolute Gasteiger partial charge is 0.388 e. The van der Waals surface area contributed by atoms with Crippen molar-refractivity contribution in [1.82, 2.24) is 0 Å². The molecular formula is C11H9N. The maximum Gasteiger partial charge on any atom is 0.0362 e. The molecule has 0 atom stereocenters. The molecule has 0 bridgehead atoms. The molecule has 0 saturated heterocycles. The van der Waals surface area contributed by atoms with Crippen LogP contribution in [0.25, 0.3) is 0 Å². The van der Waals surface area contributed by atoms with Gasteiger partial charge in [0.25, 0.3) is 0 Å². The number of terminal acetylenes is 2. The Labute approximate surface area is 72.8 Å². The highest BCUT2D eigenvalue weighted by Crippen LogP contribution is 2.12. The lowest BCUT2D eigenvalue weighted by atomic mass is 10.1. The van der Waals surface area contributed by atoms with E-state index in [0.29, 0.717) is 0 Å². The van der Waals surface area contributed by atoms with Gasteiger partial charge in [0.2, 0.25) is 0 Å².